The van der Waals surface area contributed by atoms with Crippen molar-refractivity contribution in [1.82, 2.24) is 4.90 Å². The monoisotopic (exact) mass is 385 g/mol. The van der Waals surface area contributed by atoms with Gasteiger partial charge in [-0.15, -0.1) is 0 Å². The zero-order valence-corrected chi connectivity index (χ0v) is 15.9. The molecule has 3 rings (SSSR count). The van der Waals surface area contributed by atoms with Crippen LogP contribution in [0, 0.1) is 5.82 Å². The van der Waals surface area contributed by atoms with E-state index in [9.17, 15) is 14.0 Å². The maximum Gasteiger partial charge on any atom is 0.257 e. The van der Waals surface area contributed by atoms with Crippen molar-refractivity contribution in [2.75, 3.05) is 30.3 Å². The van der Waals surface area contributed by atoms with Crippen LogP contribution in [0.1, 0.15) is 24.2 Å². The summed E-state index contributed by atoms with van der Waals surface area (Å²) in [6.45, 7) is 5.56. The van der Waals surface area contributed by atoms with Crippen molar-refractivity contribution in [2.24, 2.45) is 0 Å². The van der Waals surface area contributed by atoms with Gasteiger partial charge in [0.15, 0.2) is 0 Å². The molecule has 1 saturated heterocycles. The number of nitrogens with zero attached hydrogens (tertiary/aromatic N) is 1. The van der Waals surface area contributed by atoms with Crippen LogP contribution in [0.3, 0.4) is 0 Å². The Morgan fingerprint density at radius 3 is 2.36 bits per heavy atom. The van der Waals surface area contributed by atoms with Gasteiger partial charge in [0.25, 0.3) is 5.91 Å². The molecular formula is C21H24FN3O3. The van der Waals surface area contributed by atoms with Gasteiger partial charge in [-0.2, -0.15) is 0 Å². The molecule has 1 heterocycles. The van der Waals surface area contributed by atoms with Crippen LogP contribution in [0.2, 0.25) is 0 Å². The van der Waals surface area contributed by atoms with Crippen molar-refractivity contribution < 1.29 is 18.7 Å². The van der Waals surface area contributed by atoms with Gasteiger partial charge >= 0.3 is 0 Å². The average molecular weight is 385 g/mol. The number of morpholine rings is 1. The molecular weight excluding hydrogens is 361 g/mol. The molecule has 2 amide bonds. The van der Waals surface area contributed by atoms with Gasteiger partial charge in [0, 0.05) is 18.8 Å². The van der Waals surface area contributed by atoms with Crippen molar-refractivity contribution in [1.29, 1.82) is 0 Å². The van der Waals surface area contributed by atoms with Gasteiger partial charge in [-0.25, -0.2) is 4.39 Å². The Bertz CT molecular complexity index is 831. The van der Waals surface area contributed by atoms with Crippen LogP contribution in [0.4, 0.5) is 15.8 Å². The van der Waals surface area contributed by atoms with Crippen LogP contribution in [0.5, 0.6) is 0 Å². The highest BCUT2D eigenvalue weighted by atomic mass is 19.1. The van der Waals surface area contributed by atoms with Gasteiger partial charge in [0.05, 0.1) is 30.0 Å². The number of nitrogens with one attached hydrogen (secondary N) is 2. The Hall–Kier alpha value is -2.77. The number of amides is 2. The van der Waals surface area contributed by atoms with Crippen molar-refractivity contribution in [3.05, 3.63) is 59.9 Å². The maximum absolute atomic E-state index is 13.0. The fraction of sp³-hybridized carbons (Fsp3) is 0.333. The fourth-order valence-electron chi connectivity index (χ4n) is 3.33. The molecule has 0 saturated carbocycles. The van der Waals surface area contributed by atoms with E-state index in [2.05, 4.69) is 10.6 Å². The highest BCUT2D eigenvalue weighted by molar-refractivity contribution is 6.10. The molecule has 2 aromatic carbocycles. The predicted octanol–water partition coefficient (Wildman–Crippen LogP) is 3.13. The lowest BCUT2D eigenvalue weighted by atomic mass is 10.1. The first-order chi connectivity index (χ1) is 13.4. The second-order valence-electron chi connectivity index (χ2n) is 7.01. The molecule has 0 aliphatic carbocycles. The Kier molecular flexibility index (Phi) is 6.38. The molecule has 6 nitrogen and oxygen atoms in total. The minimum atomic E-state index is -0.379. The topological polar surface area (TPSA) is 70.7 Å². The predicted molar refractivity (Wildman–Crippen MR) is 106 cm³/mol. The summed E-state index contributed by atoms with van der Waals surface area (Å²) in [7, 11) is 0. The van der Waals surface area contributed by atoms with Crippen LogP contribution in [-0.2, 0) is 9.53 Å². The zero-order valence-electron chi connectivity index (χ0n) is 15.9. The van der Waals surface area contributed by atoms with Gasteiger partial charge in [-0.3, -0.25) is 14.5 Å². The summed E-state index contributed by atoms with van der Waals surface area (Å²) in [6, 6.07) is 12.3. The number of carbonyl (C=O) groups excluding carboxylic acids is 2. The molecule has 0 spiro atoms. The van der Waals surface area contributed by atoms with E-state index in [0.29, 0.717) is 30.0 Å². The molecule has 2 atom stereocenters. The van der Waals surface area contributed by atoms with Gasteiger partial charge in [0.2, 0.25) is 5.91 Å². The van der Waals surface area contributed by atoms with Crippen LogP contribution in [0.15, 0.2) is 48.5 Å². The van der Waals surface area contributed by atoms with Crippen LogP contribution in [0.25, 0.3) is 0 Å². The number of rotatable bonds is 5. The molecule has 1 aliphatic rings. The minimum Gasteiger partial charge on any atom is -0.373 e. The second-order valence-corrected chi connectivity index (χ2v) is 7.01. The Morgan fingerprint density at radius 1 is 1.04 bits per heavy atom. The largest absolute Gasteiger partial charge is 0.373 e. The summed E-state index contributed by atoms with van der Waals surface area (Å²) in [6.07, 6.45) is 0.149. The van der Waals surface area contributed by atoms with Crippen LogP contribution >= 0.6 is 0 Å². The molecule has 2 aromatic rings. The number of ether oxygens (including phenoxy) is 1. The summed E-state index contributed by atoms with van der Waals surface area (Å²) in [4.78, 5) is 27.1. The number of benzene rings is 2. The number of halogens is 1. The lowest BCUT2D eigenvalue weighted by Gasteiger charge is -2.34. The molecule has 7 heteroatoms. The minimum absolute atomic E-state index is 0.0744. The smallest absolute Gasteiger partial charge is 0.257 e. The molecule has 1 aliphatic heterocycles. The van der Waals surface area contributed by atoms with Crippen molar-refractivity contribution in [2.45, 2.75) is 26.1 Å². The van der Waals surface area contributed by atoms with Crippen LogP contribution in [-0.4, -0.2) is 48.6 Å². The Morgan fingerprint density at radius 2 is 1.68 bits per heavy atom. The van der Waals surface area contributed by atoms with Crippen molar-refractivity contribution >= 4 is 23.2 Å². The fourth-order valence-corrected chi connectivity index (χ4v) is 3.33. The van der Waals surface area contributed by atoms with E-state index in [-0.39, 0.29) is 36.4 Å². The van der Waals surface area contributed by atoms with Crippen LogP contribution < -0.4 is 10.6 Å². The lowest BCUT2D eigenvalue weighted by molar-refractivity contribution is -0.121. The number of hydrogen-bond acceptors (Lipinski definition) is 4. The third-order valence-electron chi connectivity index (χ3n) is 4.41. The van der Waals surface area contributed by atoms with Crippen molar-refractivity contribution in [3.63, 3.8) is 0 Å². The number of anilines is 2. The molecule has 0 aromatic heterocycles. The van der Waals surface area contributed by atoms with E-state index < -0.39 is 0 Å². The third-order valence-corrected chi connectivity index (χ3v) is 4.41. The molecule has 148 valence electrons. The van der Waals surface area contributed by atoms with Crippen molar-refractivity contribution in [3.8, 4) is 0 Å². The van der Waals surface area contributed by atoms with E-state index in [1.54, 1.807) is 24.3 Å². The van der Waals surface area contributed by atoms with E-state index in [4.69, 9.17) is 4.74 Å². The van der Waals surface area contributed by atoms with E-state index in [1.165, 1.54) is 24.3 Å². The number of para-hydroxylation sites is 1. The standard InChI is InChI=1S/C21H24FN3O3/c1-14-11-25(12-15(2)28-14)13-20(26)24-19-6-4-3-5-18(19)21(27)23-17-9-7-16(22)8-10-17/h3-10,14-15H,11-13H2,1-2H3,(H,23,27)(H,24,26)/t14-,15-/m0/s1. The first-order valence-corrected chi connectivity index (χ1v) is 9.24. The Labute approximate surface area is 163 Å². The second kappa shape index (κ2) is 8.95. The summed E-state index contributed by atoms with van der Waals surface area (Å²) in [5.74, 6) is -0.947. The SMILES string of the molecule is C[C@H]1CN(CC(=O)Nc2ccccc2C(=O)Nc2ccc(F)cc2)C[C@H](C)O1. The number of carbonyl (C=O) groups is 2. The highest BCUT2D eigenvalue weighted by Gasteiger charge is 2.24. The van der Waals surface area contributed by atoms with Gasteiger partial charge < -0.3 is 15.4 Å². The first-order valence-electron chi connectivity index (χ1n) is 9.24. The molecule has 1 fully saturated rings. The molecule has 2 N–H and O–H groups in total. The summed E-state index contributed by atoms with van der Waals surface area (Å²) >= 11 is 0. The Balaban J connectivity index is 1.65. The summed E-state index contributed by atoms with van der Waals surface area (Å²) < 4.78 is 18.7. The van der Waals surface area contributed by atoms with E-state index in [0.717, 1.165) is 0 Å². The molecule has 0 radical (unpaired) electrons. The molecule has 0 bridgehead atoms. The third kappa shape index (κ3) is 5.37. The van der Waals surface area contributed by atoms with E-state index >= 15 is 0 Å². The number of hydrogen-bond donors (Lipinski definition) is 2. The van der Waals surface area contributed by atoms with E-state index in [1.807, 2.05) is 18.7 Å². The maximum atomic E-state index is 13.0. The quantitative estimate of drug-likeness (QED) is 0.830. The lowest BCUT2D eigenvalue weighted by Crippen LogP contribution is -2.48. The van der Waals surface area contributed by atoms with Gasteiger partial charge in [0.1, 0.15) is 5.82 Å². The summed E-state index contributed by atoms with van der Waals surface area (Å²) in [5, 5.41) is 5.53. The molecule has 28 heavy (non-hydrogen) atoms. The first kappa shape index (κ1) is 20.0. The molecule has 0 unspecified atom stereocenters. The normalized spacial score (nSPS) is 19.8. The van der Waals surface area contributed by atoms with Gasteiger partial charge in [-0.05, 0) is 50.2 Å². The highest BCUT2D eigenvalue weighted by Crippen LogP contribution is 2.18. The average Bonchev–Trinajstić information content (AvgIpc) is 2.63. The zero-order chi connectivity index (χ0) is 20.1. The van der Waals surface area contributed by atoms with Gasteiger partial charge in [-0.1, -0.05) is 12.1 Å². The summed E-state index contributed by atoms with van der Waals surface area (Å²) in [5.41, 5.74) is 1.24.